The fraction of sp³-hybridized carbons (Fsp3) is 0.409. The summed E-state index contributed by atoms with van der Waals surface area (Å²) in [6.45, 7) is 3.91. The molecule has 2 aliphatic rings. The Morgan fingerprint density at radius 2 is 2.10 bits per heavy atom. The smallest absolute Gasteiger partial charge is 0.134 e. The van der Waals surface area contributed by atoms with Gasteiger partial charge in [0.15, 0.2) is 0 Å². The lowest BCUT2D eigenvalue weighted by atomic mass is 9.99. The van der Waals surface area contributed by atoms with E-state index in [0.717, 1.165) is 49.0 Å². The average molecular weight is 398 g/mol. The third-order valence-corrected chi connectivity index (χ3v) is 5.42. The number of benzene rings is 1. The standard InChI is InChI=1S/C22H27FN4O2/c1-24-14-19-20(27-8-10-29-11-9-27)7-6-17(26-19)18-12-15(13-25-18)22-16(23)4-3-5-21(22)28-2/h3-7,13,18,24-25H,8-12,14H2,1-2H3. The highest BCUT2D eigenvalue weighted by Crippen LogP contribution is 2.38. The molecule has 2 aliphatic heterocycles. The molecule has 0 saturated carbocycles. The third kappa shape index (κ3) is 4.06. The minimum absolute atomic E-state index is 0.00339. The van der Waals surface area contributed by atoms with Crippen LogP contribution in [-0.4, -0.2) is 45.4 Å². The zero-order valence-electron chi connectivity index (χ0n) is 16.9. The van der Waals surface area contributed by atoms with Gasteiger partial charge in [0.2, 0.25) is 0 Å². The fourth-order valence-corrected chi connectivity index (χ4v) is 3.98. The topological polar surface area (TPSA) is 58.7 Å². The average Bonchev–Trinajstić information content (AvgIpc) is 3.24. The van der Waals surface area contributed by atoms with Gasteiger partial charge >= 0.3 is 0 Å². The predicted molar refractivity (Wildman–Crippen MR) is 111 cm³/mol. The molecule has 3 heterocycles. The van der Waals surface area contributed by atoms with Crippen LogP contribution in [0.25, 0.3) is 5.57 Å². The molecule has 6 nitrogen and oxygen atoms in total. The second kappa shape index (κ2) is 8.80. The van der Waals surface area contributed by atoms with Crippen molar-refractivity contribution in [2.24, 2.45) is 0 Å². The van der Waals surface area contributed by atoms with E-state index >= 15 is 0 Å². The number of hydrogen-bond donors (Lipinski definition) is 2. The van der Waals surface area contributed by atoms with Gasteiger partial charge in [0, 0.05) is 32.3 Å². The van der Waals surface area contributed by atoms with Crippen LogP contribution in [0.2, 0.25) is 0 Å². The molecule has 0 amide bonds. The maximum Gasteiger partial charge on any atom is 0.134 e. The Labute approximate surface area is 170 Å². The van der Waals surface area contributed by atoms with Crippen LogP contribution in [-0.2, 0) is 11.3 Å². The number of pyridine rings is 1. The summed E-state index contributed by atoms with van der Waals surface area (Å²) in [5.74, 6) is 0.273. The van der Waals surface area contributed by atoms with Gasteiger partial charge in [-0.3, -0.25) is 4.98 Å². The zero-order valence-corrected chi connectivity index (χ0v) is 16.9. The van der Waals surface area contributed by atoms with Gasteiger partial charge in [-0.25, -0.2) is 4.39 Å². The minimum Gasteiger partial charge on any atom is -0.496 e. The van der Waals surface area contributed by atoms with Crippen molar-refractivity contribution < 1.29 is 13.9 Å². The first-order valence-electron chi connectivity index (χ1n) is 9.96. The van der Waals surface area contributed by atoms with E-state index in [-0.39, 0.29) is 11.9 Å². The molecule has 1 aromatic heterocycles. The zero-order chi connectivity index (χ0) is 20.2. The van der Waals surface area contributed by atoms with Crippen molar-refractivity contribution in [3.05, 3.63) is 59.3 Å². The molecule has 0 aliphatic carbocycles. The summed E-state index contributed by atoms with van der Waals surface area (Å²) in [5.41, 5.74) is 4.53. The molecule has 0 bridgehead atoms. The number of aromatic nitrogens is 1. The van der Waals surface area contributed by atoms with Crippen molar-refractivity contribution >= 4 is 11.3 Å². The van der Waals surface area contributed by atoms with Gasteiger partial charge in [0.1, 0.15) is 11.6 Å². The first kappa shape index (κ1) is 19.7. The summed E-state index contributed by atoms with van der Waals surface area (Å²) >= 11 is 0. The number of hydrogen-bond acceptors (Lipinski definition) is 6. The molecule has 1 unspecified atom stereocenters. The number of ether oxygens (including phenoxy) is 2. The van der Waals surface area contributed by atoms with Gasteiger partial charge in [-0.05, 0) is 36.9 Å². The molecule has 1 atom stereocenters. The quantitative estimate of drug-likeness (QED) is 0.781. The fourth-order valence-electron chi connectivity index (χ4n) is 3.98. The van der Waals surface area contributed by atoms with E-state index < -0.39 is 0 Å². The molecule has 1 fully saturated rings. The summed E-state index contributed by atoms with van der Waals surface area (Å²) in [7, 11) is 3.49. The number of rotatable bonds is 6. The molecule has 1 saturated heterocycles. The van der Waals surface area contributed by atoms with E-state index in [2.05, 4.69) is 27.7 Å². The summed E-state index contributed by atoms with van der Waals surface area (Å²) in [4.78, 5) is 7.27. The van der Waals surface area contributed by atoms with Crippen molar-refractivity contribution in [1.29, 1.82) is 0 Å². The van der Waals surface area contributed by atoms with Crippen LogP contribution in [0.4, 0.5) is 10.1 Å². The van der Waals surface area contributed by atoms with Gasteiger partial charge in [-0.2, -0.15) is 0 Å². The van der Waals surface area contributed by atoms with E-state index in [0.29, 0.717) is 24.3 Å². The number of nitrogens with one attached hydrogen (secondary N) is 2. The van der Waals surface area contributed by atoms with Crippen LogP contribution in [0.1, 0.15) is 29.4 Å². The van der Waals surface area contributed by atoms with Gasteiger partial charge in [0.05, 0.1) is 49.0 Å². The second-order valence-corrected chi connectivity index (χ2v) is 7.24. The predicted octanol–water partition coefficient (Wildman–Crippen LogP) is 2.86. The summed E-state index contributed by atoms with van der Waals surface area (Å²) in [6, 6.07) is 9.12. The molecule has 4 rings (SSSR count). The summed E-state index contributed by atoms with van der Waals surface area (Å²) in [6.07, 6.45) is 2.53. The highest BCUT2D eigenvalue weighted by atomic mass is 19.1. The molecule has 2 aromatic rings. The number of methoxy groups -OCH3 is 1. The Balaban J connectivity index is 1.56. The molecule has 1 aromatic carbocycles. The number of halogens is 1. The largest absolute Gasteiger partial charge is 0.496 e. The lowest BCUT2D eigenvalue weighted by molar-refractivity contribution is 0.122. The van der Waals surface area contributed by atoms with Gasteiger partial charge in [-0.15, -0.1) is 0 Å². The lowest BCUT2D eigenvalue weighted by Gasteiger charge is -2.30. The highest BCUT2D eigenvalue weighted by molar-refractivity contribution is 5.73. The monoisotopic (exact) mass is 398 g/mol. The van der Waals surface area contributed by atoms with Crippen molar-refractivity contribution in [3.8, 4) is 5.75 Å². The van der Waals surface area contributed by atoms with E-state index in [9.17, 15) is 4.39 Å². The van der Waals surface area contributed by atoms with Crippen LogP contribution in [0.15, 0.2) is 36.5 Å². The molecule has 0 radical (unpaired) electrons. The molecule has 7 heteroatoms. The maximum atomic E-state index is 14.5. The van der Waals surface area contributed by atoms with E-state index in [1.165, 1.54) is 6.07 Å². The SMILES string of the molecule is CNCc1nc(C2CC(c3c(F)cccc3OC)=CN2)ccc1N1CCOCC1. The number of anilines is 1. The van der Waals surface area contributed by atoms with Crippen LogP contribution >= 0.6 is 0 Å². The number of nitrogens with zero attached hydrogens (tertiary/aromatic N) is 2. The van der Waals surface area contributed by atoms with Crippen molar-refractivity contribution in [2.45, 2.75) is 19.0 Å². The van der Waals surface area contributed by atoms with Crippen LogP contribution in [0.5, 0.6) is 5.75 Å². The molecular formula is C22H27FN4O2. The van der Waals surface area contributed by atoms with Crippen LogP contribution < -0.4 is 20.3 Å². The molecule has 29 heavy (non-hydrogen) atoms. The summed E-state index contributed by atoms with van der Waals surface area (Å²) in [5, 5.41) is 6.59. The Kier molecular flexibility index (Phi) is 5.97. The van der Waals surface area contributed by atoms with E-state index in [1.807, 2.05) is 13.2 Å². The summed E-state index contributed by atoms with van der Waals surface area (Å²) < 4.78 is 25.3. The Hall–Kier alpha value is -2.64. The highest BCUT2D eigenvalue weighted by Gasteiger charge is 2.26. The normalized spacial score (nSPS) is 19.1. The first-order chi connectivity index (χ1) is 14.2. The van der Waals surface area contributed by atoms with E-state index in [1.54, 1.807) is 19.2 Å². The Morgan fingerprint density at radius 3 is 2.86 bits per heavy atom. The second-order valence-electron chi connectivity index (χ2n) is 7.24. The third-order valence-electron chi connectivity index (χ3n) is 5.42. The van der Waals surface area contributed by atoms with Crippen LogP contribution in [0.3, 0.4) is 0 Å². The molecular weight excluding hydrogens is 371 g/mol. The maximum absolute atomic E-state index is 14.5. The molecule has 2 N–H and O–H groups in total. The van der Waals surface area contributed by atoms with Crippen molar-refractivity contribution in [1.82, 2.24) is 15.6 Å². The van der Waals surface area contributed by atoms with Crippen molar-refractivity contribution in [2.75, 3.05) is 45.4 Å². The van der Waals surface area contributed by atoms with E-state index in [4.69, 9.17) is 14.5 Å². The van der Waals surface area contributed by atoms with Gasteiger partial charge < -0.3 is 25.0 Å². The first-order valence-corrected chi connectivity index (χ1v) is 9.96. The molecule has 154 valence electrons. The molecule has 0 spiro atoms. The van der Waals surface area contributed by atoms with Crippen LogP contribution in [0, 0.1) is 5.82 Å². The lowest BCUT2D eigenvalue weighted by Crippen LogP contribution is -2.37. The van der Waals surface area contributed by atoms with Crippen molar-refractivity contribution in [3.63, 3.8) is 0 Å². The Bertz CT molecular complexity index is 896. The van der Waals surface area contributed by atoms with Gasteiger partial charge in [-0.1, -0.05) is 6.07 Å². The Morgan fingerprint density at radius 1 is 1.28 bits per heavy atom. The van der Waals surface area contributed by atoms with Gasteiger partial charge in [0.25, 0.3) is 0 Å². The number of morpholine rings is 1. The minimum atomic E-state index is -0.274.